The summed E-state index contributed by atoms with van der Waals surface area (Å²) in [5.41, 5.74) is 2.55. The fraction of sp³-hybridized carbons (Fsp3) is 0.500. The van der Waals surface area contributed by atoms with Gasteiger partial charge in [0.05, 0.1) is 5.69 Å². The molecule has 2 N–H and O–H groups in total. The van der Waals surface area contributed by atoms with Crippen molar-refractivity contribution in [3.05, 3.63) is 27.7 Å². The Morgan fingerprint density at radius 3 is 2.39 bits per heavy atom. The number of rotatable bonds is 5. The molecule has 18 heavy (non-hydrogen) atoms. The van der Waals surface area contributed by atoms with Crippen molar-refractivity contribution in [3.63, 3.8) is 0 Å². The summed E-state index contributed by atoms with van der Waals surface area (Å²) in [4.78, 5) is 0. The third-order valence-corrected chi connectivity index (χ3v) is 3.99. The Labute approximate surface area is 117 Å². The van der Waals surface area contributed by atoms with Gasteiger partial charge in [-0.15, -0.1) is 0 Å². The molecule has 0 heterocycles. The van der Waals surface area contributed by atoms with Crippen molar-refractivity contribution in [1.82, 2.24) is 4.72 Å². The van der Waals surface area contributed by atoms with E-state index in [-0.39, 0.29) is 5.92 Å². The van der Waals surface area contributed by atoms with Gasteiger partial charge in [-0.3, -0.25) is 4.72 Å². The second kappa shape index (κ2) is 6.04. The summed E-state index contributed by atoms with van der Waals surface area (Å²) in [6.45, 7) is 8.16. The van der Waals surface area contributed by atoms with Gasteiger partial charge in [0.1, 0.15) is 0 Å². The maximum absolute atomic E-state index is 11.9. The van der Waals surface area contributed by atoms with Crippen molar-refractivity contribution in [3.8, 4) is 0 Å². The van der Waals surface area contributed by atoms with Crippen LogP contribution in [0.5, 0.6) is 0 Å². The normalized spacial score (nSPS) is 11.9. The van der Waals surface area contributed by atoms with Gasteiger partial charge >= 0.3 is 0 Å². The summed E-state index contributed by atoms with van der Waals surface area (Å²) >= 11 is 3.38. The topological polar surface area (TPSA) is 58.2 Å². The van der Waals surface area contributed by atoms with Crippen molar-refractivity contribution in [2.75, 3.05) is 11.3 Å². The van der Waals surface area contributed by atoms with Crippen LogP contribution in [0.4, 0.5) is 5.69 Å². The molecule has 0 aliphatic rings. The second-order valence-corrected chi connectivity index (χ2v) is 7.14. The van der Waals surface area contributed by atoms with Crippen LogP contribution in [-0.4, -0.2) is 15.0 Å². The predicted molar refractivity (Wildman–Crippen MR) is 79.0 cm³/mol. The van der Waals surface area contributed by atoms with E-state index in [2.05, 4.69) is 25.4 Å². The number of aryl methyl sites for hydroxylation is 2. The van der Waals surface area contributed by atoms with E-state index in [0.29, 0.717) is 12.2 Å². The largest absolute Gasteiger partial charge is 0.299 e. The summed E-state index contributed by atoms with van der Waals surface area (Å²) in [5.74, 6) is 0.268. The van der Waals surface area contributed by atoms with Crippen LogP contribution in [-0.2, 0) is 10.2 Å². The first-order valence-corrected chi connectivity index (χ1v) is 8.03. The Morgan fingerprint density at radius 1 is 1.28 bits per heavy atom. The van der Waals surface area contributed by atoms with E-state index in [1.807, 2.05) is 39.8 Å². The molecule has 0 bridgehead atoms. The molecule has 1 rings (SSSR count). The smallest absolute Gasteiger partial charge is 0.270 e. The van der Waals surface area contributed by atoms with Gasteiger partial charge in [0.25, 0.3) is 10.2 Å². The average molecular weight is 335 g/mol. The van der Waals surface area contributed by atoms with Crippen LogP contribution in [0.2, 0.25) is 0 Å². The van der Waals surface area contributed by atoms with Crippen LogP contribution in [0.3, 0.4) is 0 Å². The van der Waals surface area contributed by atoms with Crippen LogP contribution >= 0.6 is 15.9 Å². The summed E-state index contributed by atoms with van der Waals surface area (Å²) in [6.07, 6.45) is 0. The number of hydrogen-bond donors (Lipinski definition) is 2. The molecule has 0 aliphatic heterocycles. The first kappa shape index (κ1) is 15.5. The molecular weight excluding hydrogens is 316 g/mol. The molecule has 0 aliphatic carbocycles. The second-order valence-electron chi connectivity index (χ2n) is 4.79. The molecule has 0 radical (unpaired) electrons. The molecule has 0 atom stereocenters. The van der Waals surface area contributed by atoms with E-state index in [0.717, 1.165) is 15.6 Å². The summed E-state index contributed by atoms with van der Waals surface area (Å²) in [6, 6.07) is 3.82. The number of halogens is 1. The zero-order valence-electron chi connectivity index (χ0n) is 11.0. The maximum atomic E-state index is 11.9. The third kappa shape index (κ3) is 4.59. The summed E-state index contributed by atoms with van der Waals surface area (Å²) in [5, 5.41) is 0. The Kier molecular flexibility index (Phi) is 5.19. The van der Waals surface area contributed by atoms with E-state index < -0.39 is 10.2 Å². The zero-order chi connectivity index (χ0) is 13.9. The minimum absolute atomic E-state index is 0.268. The minimum Gasteiger partial charge on any atom is -0.270 e. The maximum Gasteiger partial charge on any atom is 0.299 e. The van der Waals surface area contributed by atoms with Gasteiger partial charge in [-0.05, 0) is 52.9 Å². The zero-order valence-corrected chi connectivity index (χ0v) is 13.4. The lowest BCUT2D eigenvalue weighted by molar-refractivity contribution is 0.565. The van der Waals surface area contributed by atoms with Crippen LogP contribution in [0, 0.1) is 19.8 Å². The standard InChI is InChI=1S/C12H19BrN2O2S/c1-8(2)7-14-18(16,17)15-12-10(4)5-9(3)6-11(12)13/h5-6,8,14-15H,7H2,1-4H3. The molecule has 4 nitrogen and oxygen atoms in total. The highest BCUT2D eigenvalue weighted by Gasteiger charge is 2.14. The fourth-order valence-electron chi connectivity index (χ4n) is 1.49. The van der Waals surface area contributed by atoms with Gasteiger partial charge in [-0.2, -0.15) is 13.1 Å². The molecule has 0 amide bonds. The minimum atomic E-state index is -3.52. The van der Waals surface area contributed by atoms with Crippen LogP contribution in [0.15, 0.2) is 16.6 Å². The van der Waals surface area contributed by atoms with Crippen molar-refractivity contribution in [2.24, 2.45) is 5.92 Å². The SMILES string of the molecule is Cc1cc(C)c(NS(=O)(=O)NCC(C)C)c(Br)c1. The van der Waals surface area contributed by atoms with Crippen LogP contribution < -0.4 is 9.44 Å². The molecule has 0 fully saturated rings. The third-order valence-electron chi connectivity index (χ3n) is 2.35. The Morgan fingerprint density at radius 2 is 1.89 bits per heavy atom. The van der Waals surface area contributed by atoms with Gasteiger partial charge in [0.15, 0.2) is 0 Å². The van der Waals surface area contributed by atoms with Gasteiger partial charge in [0, 0.05) is 11.0 Å². The van der Waals surface area contributed by atoms with E-state index in [9.17, 15) is 8.42 Å². The molecule has 1 aromatic carbocycles. The van der Waals surface area contributed by atoms with Crippen molar-refractivity contribution >= 4 is 31.8 Å². The van der Waals surface area contributed by atoms with Crippen molar-refractivity contribution < 1.29 is 8.42 Å². The first-order valence-electron chi connectivity index (χ1n) is 5.75. The lowest BCUT2D eigenvalue weighted by Crippen LogP contribution is -2.33. The molecular formula is C12H19BrN2O2S. The lowest BCUT2D eigenvalue weighted by atomic mass is 10.1. The highest BCUT2D eigenvalue weighted by molar-refractivity contribution is 9.10. The number of hydrogen-bond acceptors (Lipinski definition) is 2. The van der Waals surface area contributed by atoms with Crippen molar-refractivity contribution in [2.45, 2.75) is 27.7 Å². The molecule has 0 saturated carbocycles. The first-order chi connectivity index (χ1) is 8.21. The van der Waals surface area contributed by atoms with E-state index in [1.54, 1.807) is 0 Å². The van der Waals surface area contributed by atoms with Crippen LogP contribution in [0.25, 0.3) is 0 Å². The number of anilines is 1. The monoisotopic (exact) mass is 334 g/mol. The van der Waals surface area contributed by atoms with Gasteiger partial charge in [-0.1, -0.05) is 19.9 Å². The highest BCUT2D eigenvalue weighted by atomic mass is 79.9. The number of nitrogens with one attached hydrogen (secondary N) is 2. The molecule has 0 saturated heterocycles. The number of benzene rings is 1. The van der Waals surface area contributed by atoms with E-state index >= 15 is 0 Å². The quantitative estimate of drug-likeness (QED) is 0.869. The summed E-state index contributed by atoms with van der Waals surface area (Å²) in [7, 11) is -3.52. The molecule has 1 aromatic rings. The Hall–Kier alpha value is -0.590. The van der Waals surface area contributed by atoms with Gasteiger partial charge < -0.3 is 0 Å². The molecule has 6 heteroatoms. The Bertz CT molecular complexity index is 504. The van der Waals surface area contributed by atoms with Gasteiger partial charge in [-0.25, -0.2) is 0 Å². The summed E-state index contributed by atoms with van der Waals surface area (Å²) < 4.78 is 29.5. The van der Waals surface area contributed by atoms with Crippen LogP contribution in [0.1, 0.15) is 25.0 Å². The lowest BCUT2D eigenvalue weighted by Gasteiger charge is -2.14. The molecule has 0 spiro atoms. The molecule has 102 valence electrons. The highest BCUT2D eigenvalue weighted by Crippen LogP contribution is 2.28. The molecule has 0 unspecified atom stereocenters. The fourth-order valence-corrected chi connectivity index (χ4v) is 3.56. The average Bonchev–Trinajstić information content (AvgIpc) is 2.21. The van der Waals surface area contributed by atoms with Gasteiger partial charge in [0.2, 0.25) is 0 Å². The van der Waals surface area contributed by atoms with Crippen molar-refractivity contribution in [1.29, 1.82) is 0 Å². The molecule has 0 aromatic heterocycles. The van der Waals surface area contributed by atoms with E-state index in [4.69, 9.17) is 0 Å². The predicted octanol–water partition coefficient (Wildman–Crippen LogP) is 2.97. The van der Waals surface area contributed by atoms with E-state index in [1.165, 1.54) is 0 Å². The Balaban J connectivity index is 2.91.